The molecule has 2 rings (SSSR count). The number of aliphatic hydroxyl groups is 1. The molecule has 0 spiro atoms. The number of pyridine rings is 1. The molecule has 0 aliphatic heterocycles. The Balaban J connectivity index is 2.41. The maximum atomic E-state index is 12.6. The van der Waals surface area contributed by atoms with Crippen LogP contribution in [0.4, 0.5) is 0 Å². The Labute approximate surface area is 115 Å². The van der Waals surface area contributed by atoms with Gasteiger partial charge in [0.25, 0.3) is 0 Å². The average Bonchev–Trinajstić information content (AvgIpc) is 2.46. The molecule has 1 heterocycles. The maximum absolute atomic E-state index is 12.6. The van der Waals surface area contributed by atoms with Crippen molar-refractivity contribution in [3.63, 3.8) is 0 Å². The van der Waals surface area contributed by atoms with Gasteiger partial charge in [0.2, 0.25) is 0 Å². The highest BCUT2D eigenvalue weighted by molar-refractivity contribution is 7.85. The second-order valence-electron chi connectivity index (χ2n) is 4.42. The van der Waals surface area contributed by atoms with Crippen LogP contribution in [0.1, 0.15) is 30.6 Å². The minimum atomic E-state index is -1.31. The SMILES string of the molecule is CC[C@@H](O)c1ccncc1S(=O)c1ccc(C)cc1. The number of hydrogen-bond donors (Lipinski definition) is 1. The van der Waals surface area contributed by atoms with Crippen LogP contribution < -0.4 is 0 Å². The molecule has 19 heavy (non-hydrogen) atoms. The van der Waals surface area contributed by atoms with Crippen molar-refractivity contribution in [3.8, 4) is 0 Å². The first-order valence-electron chi connectivity index (χ1n) is 6.24. The highest BCUT2D eigenvalue weighted by atomic mass is 32.2. The summed E-state index contributed by atoms with van der Waals surface area (Å²) < 4.78 is 12.6. The Bertz CT molecular complexity index is 581. The minimum Gasteiger partial charge on any atom is -0.388 e. The van der Waals surface area contributed by atoms with Gasteiger partial charge in [-0.1, -0.05) is 24.6 Å². The van der Waals surface area contributed by atoms with Crippen molar-refractivity contribution < 1.29 is 9.32 Å². The fourth-order valence-electron chi connectivity index (χ4n) is 1.83. The lowest BCUT2D eigenvalue weighted by Gasteiger charge is -2.13. The Kier molecular flexibility index (Phi) is 4.45. The van der Waals surface area contributed by atoms with Gasteiger partial charge in [0.05, 0.1) is 21.8 Å². The van der Waals surface area contributed by atoms with Gasteiger partial charge in [-0.15, -0.1) is 0 Å². The van der Waals surface area contributed by atoms with Crippen molar-refractivity contribution >= 4 is 10.8 Å². The predicted octanol–water partition coefficient (Wildman–Crippen LogP) is 3.00. The molecule has 4 heteroatoms. The normalized spacial score (nSPS) is 14.1. The van der Waals surface area contributed by atoms with Gasteiger partial charge in [0.15, 0.2) is 0 Å². The van der Waals surface area contributed by atoms with E-state index in [0.717, 1.165) is 10.5 Å². The molecule has 0 aliphatic carbocycles. The maximum Gasteiger partial charge on any atom is 0.0869 e. The summed E-state index contributed by atoms with van der Waals surface area (Å²) in [4.78, 5) is 5.33. The number of aromatic nitrogens is 1. The van der Waals surface area contributed by atoms with Crippen LogP contribution in [0.25, 0.3) is 0 Å². The fraction of sp³-hybridized carbons (Fsp3) is 0.267. The van der Waals surface area contributed by atoms with Crippen molar-refractivity contribution in [2.75, 3.05) is 0 Å². The summed E-state index contributed by atoms with van der Waals surface area (Å²) in [6.07, 6.45) is 3.17. The molecular formula is C15H17NO2S. The lowest BCUT2D eigenvalue weighted by Crippen LogP contribution is -2.04. The number of aliphatic hydroxyl groups excluding tert-OH is 1. The summed E-state index contributed by atoms with van der Waals surface area (Å²) in [6.45, 7) is 3.88. The van der Waals surface area contributed by atoms with E-state index in [4.69, 9.17) is 0 Å². The summed E-state index contributed by atoms with van der Waals surface area (Å²) in [5, 5.41) is 9.99. The third kappa shape index (κ3) is 3.08. The van der Waals surface area contributed by atoms with Crippen molar-refractivity contribution in [2.45, 2.75) is 36.2 Å². The second kappa shape index (κ2) is 6.08. The predicted molar refractivity (Wildman–Crippen MR) is 75.3 cm³/mol. The van der Waals surface area contributed by atoms with Crippen LogP contribution in [0.3, 0.4) is 0 Å². The highest BCUT2D eigenvalue weighted by Crippen LogP contribution is 2.26. The van der Waals surface area contributed by atoms with Crippen LogP contribution in [0.15, 0.2) is 52.5 Å². The van der Waals surface area contributed by atoms with Gasteiger partial charge < -0.3 is 5.11 Å². The van der Waals surface area contributed by atoms with Crippen LogP contribution in [0, 0.1) is 6.92 Å². The Morgan fingerprint density at radius 2 is 1.95 bits per heavy atom. The summed E-state index contributed by atoms with van der Waals surface area (Å²) in [5.41, 5.74) is 1.82. The third-order valence-electron chi connectivity index (χ3n) is 3.00. The van der Waals surface area contributed by atoms with Crippen LogP contribution >= 0.6 is 0 Å². The standard InChI is InChI=1S/C15H17NO2S/c1-3-14(17)13-8-9-16-10-15(13)19(18)12-6-4-11(2)5-7-12/h4-10,14,17H,3H2,1-2H3/t14-,19?/m1/s1. The van der Waals surface area contributed by atoms with Gasteiger partial charge >= 0.3 is 0 Å². The molecule has 0 amide bonds. The van der Waals surface area contributed by atoms with E-state index in [2.05, 4.69) is 4.98 Å². The molecule has 0 saturated heterocycles. The quantitative estimate of drug-likeness (QED) is 0.933. The molecule has 1 aromatic carbocycles. The Morgan fingerprint density at radius 1 is 1.26 bits per heavy atom. The van der Waals surface area contributed by atoms with Gasteiger partial charge in [0.1, 0.15) is 0 Å². The van der Waals surface area contributed by atoms with Crippen molar-refractivity contribution in [2.24, 2.45) is 0 Å². The molecule has 1 N–H and O–H groups in total. The number of hydrogen-bond acceptors (Lipinski definition) is 3. The summed E-state index contributed by atoms with van der Waals surface area (Å²) in [6, 6.07) is 9.29. The zero-order chi connectivity index (χ0) is 13.8. The smallest absolute Gasteiger partial charge is 0.0869 e. The van der Waals surface area contributed by atoms with Crippen LogP contribution in [-0.4, -0.2) is 14.3 Å². The van der Waals surface area contributed by atoms with Crippen LogP contribution in [-0.2, 0) is 10.8 Å². The first kappa shape index (κ1) is 13.9. The number of nitrogens with zero attached hydrogens (tertiary/aromatic N) is 1. The van der Waals surface area contributed by atoms with Gasteiger partial charge in [-0.2, -0.15) is 0 Å². The van der Waals surface area contributed by atoms with Gasteiger partial charge in [-0.25, -0.2) is 4.21 Å². The van der Waals surface area contributed by atoms with E-state index in [-0.39, 0.29) is 0 Å². The molecule has 3 nitrogen and oxygen atoms in total. The second-order valence-corrected chi connectivity index (χ2v) is 5.87. The fourth-order valence-corrected chi connectivity index (χ4v) is 3.04. The molecule has 1 unspecified atom stereocenters. The molecule has 0 fully saturated rings. The minimum absolute atomic E-state index is 0.584. The molecular weight excluding hydrogens is 258 g/mol. The van der Waals surface area contributed by atoms with Gasteiger partial charge in [-0.05, 0) is 31.5 Å². The molecule has 2 atom stereocenters. The van der Waals surface area contributed by atoms with E-state index in [1.165, 1.54) is 0 Å². The lowest BCUT2D eigenvalue weighted by atomic mass is 10.1. The summed E-state index contributed by atoms with van der Waals surface area (Å²) in [5.74, 6) is 0. The van der Waals surface area contributed by atoms with E-state index < -0.39 is 16.9 Å². The largest absolute Gasteiger partial charge is 0.388 e. The lowest BCUT2D eigenvalue weighted by molar-refractivity contribution is 0.170. The molecule has 1 aromatic heterocycles. The molecule has 0 radical (unpaired) electrons. The third-order valence-corrected chi connectivity index (χ3v) is 4.44. The van der Waals surface area contributed by atoms with E-state index >= 15 is 0 Å². The van der Waals surface area contributed by atoms with E-state index in [9.17, 15) is 9.32 Å². The monoisotopic (exact) mass is 275 g/mol. The topological polar surface area (TPSA) is 50.2 Å². The zero-order valence-corrected chi connectivity index (χ0v) is 11.9. The number of benzene rings is 1. The number of rotatable bonds is 4. The van der Waals surface area contributed by atoms with Crippen molar-refractivity contribution in [1.29, 1.82) is 0 Å². The van der Waals surface area contributed by atoms with E-state index in [1.807, 2.05) is 38.1 Å². The van der Waals surface area contributed by atoms with Crippen LogP contribution in [0.5, 0.6) is 0 Å². The molecule has 0 bridgehead atoms. The molecule has 100 valence electrons. The van der Waals surface area contributed by atoms with Gasteiger partial charge in [-0.3, -0.25) is 4.98 Å². The summed E-state index contributed by atoms with van der Waals surface area (Å²) >= 11 is 0. The van der Waals surface area contributed by atoms with Crippen molar-refractivity contribution in [3.05, 3.63) is 53.9 Å². The Morgan fingerprint density at radius 3 is 2.58 bits per heavy atom. The zero-order valence-electron chi connectivity index (χ0n) is 11.0. The molecule has 2 aromatic rings. The number of aryl methyl sites for hydroxylation is 1. The first-order chi connectivity index (χ1) is 9.13. The van der Waals surface area contributed by atoms with E-state index in [0.29, 0.717) is 16.9 Å². The van der Waals surface area contributed by atoms with Crippen LogP contribution in [0.2, 0.25) is 0 Å². The Hall–Kier alpha value is -1.52. The first-order valence-corrected chi connectivity index (χ1v) is 7.39. The highest BCUT2D eigenvalue weighted by Gasteiger charge is 2.16. The van der Waals surface area contributed by atoms with E-state index in [1.54, 1.807) is 18.5 Å². The molecule has 0 saturated carbocycles. The molecule has 0 aliphatic rings. The summed E-state index contributed by atoms with van der Waals surface area (Å²) in [7, 11) is -1.31. The van der Waals surface area contributed by atoms with Gasteiger partial charge in [0, 0.05) is 22.9 Å². The van der Waals surface area contributed by atoms with Crippen molar-refractivity contribution in [1.82, 2.24) is 4.98 Å². The average molecular weight is 275 g/mol.